The molecule has 0 fully saturated rings. The Labute approximate surface area is 179 Å². The summed E-state index contributed by atoms with van der Waals surface area (Å²) in [5, 5.41) is 0. The van der Waals surface area contributed by atoms with Crippen LogP contribution in [0.25, 0.3) is 0 Å². The molecule has 166 valence electrons. The van der Waals surface area contributed by atoms with Gasteiger partial charge < -0.3 is 18.9 Å². The number of nitrogens with one attached hydrogen (secondary N) is 1. The van der Waals surface area contributed by atoms with Crippen molar-refractivity contribution in [2.75, 3.05) is 20.2 Å². The molecular formula is C22H38N2O4S. The highest BCUT2D eigenvalue weighted by Gasteiger charge is 2.28. The molecule has 1 rings (SSSR count). The lowest BCUT2D eigenvalue weighted by atomic mass is 10.1. The quantitative estimate of drug-likeness (QED) is 0.462. The first-order chi connectivity index (χ1) is 13.3. The van der Waals surface area contributed by atoms with Crippen molar-refractivity contribution in [3.8, 4) is 0 Å². The molecule has 0 radical (unpaired) electrons. The second kappa shape index (κ2) is 11.2. The number of ether oxygens (including phenoxy) is 2. The minimum atomic E-state index is -1.12. The molecule has 0 aliphatic carbocycles. The summed E-state index contributed by atoms with van der Waals surface area (Å²) in [7, 11) is 1.73. The molecule has 0 saturated carbocycles. The summed E-state index contributed by atoms with van der Waals surface area (Å²) in [5.41, 5.74) is 1.66. The summed E-state index contributed by atoms with van der Waals surface area (Å²) in [6, 6.07) is 8.09. The Morgan fingerprint density at radius 1 is 1.24 bits per heavy atom. The van der Waals surface area contributed by atoms with E-state index in [4.69, 9.17) is 9.47 Å². The van der Waals surface area contributed by atoms with Gasteiger partial charge in [0.15, 0.2) is 0 Å². The smallest absolute Gasteiger partial charge is 0.410 e. The molecule has 2 atom stereocenters. The van der Waals surface area contributed by atoms with Gasteiger partial charge in [-0.1, -0.05) is 24.3 Å². The Bertz CT molecular complexity index is 640. The van der Waals surface area contributed by atoms with Gasteiger partial charge in [0.25, 0.3) is 0 Å². The molecular weight excluding hydrogens is 388 g/mol. The molecule has 29 heavy (non-hydrogen) atoms. The first-order valence-electron chi connectivity index (χ1n) is 10.1. The van der Waals surface area contributed by atoms with E-state index in [0.717, 1.165) is 17.5 Å². The average molecular weight is 427 g/mol. The van der Waals surface area contributed by atoms with Crippen LogP contribution in [-0.2, 0) is 27.4 Å². The molecule has 1 amide bonds. The average Bonchev–Trinajstić information content (AvgIpc) is 2.59. The summed E-state index contributed by atoms with van der Waals surface area (Å²) in [5.74, 6) is 0. The van der Waals surface area contributed by atoms with Gasteiger partial charge in [-0.05, 0) is 66.0 Å². The Balaban J connectivity index is 2.41. The number of hydrogen-bond acceptors (Lipinski definition) is 5. The maximum Gasteiger partial charge on any atom is 0.410 e. The molecule has 6 nitrogen and oxygen atoms in total. The van der Waals surface area contributed by atoms with Gasteiger partial charge >= 0.3 is 6.09 Å². The second-order valence-electron chi connectivity index (χ2n) is 9.27. The Morgan fingerprint density at radius 3 is 2.48 bits per heavy atom. The highest BCUT2D eigenvalue weighted by atomic mass is 32.2. The van der Waals surface area contributed by atoms with Crippen molar-refractivity contribution < 1.29 is 18.8 Å². The highest BCUT2D eigenvalue weighted by molar-refractivity contribution is 7.90. The zero-order chi connectivity index (χ0) is 22.2. The molecule has 0 aliphatic rings. The number of rotatable bonds is 9. The predicted octanol–water partition coefficient (Wildman–Crippen LogP) is 4.57. The summed E-state index contributed by atoms with van der Waals surface area (Å²) >= 11 is -1.12. The maximum atomic E-state index is 12.3. The summed E-state index contributed by atoms with van der Waals surface area (Å²) in [4.78, 5) is 13.5. The number of carbonyl (C=O) groups is 1. The third-order valence-electron chi connectivity index (χ3n) is 4.05. The molecule has 0 saturated heterocycles. The van der Waals surface area contributed by atoms with Crippen LogP contribution in [0.15, 0.2) is 24.3 Å². The number of benzene rings is 1. The van der Waals surface area contributed by atoms with E-state index in [1.165, 1.54) is 0 Å². The summed E-state index contributed by atoms with van der Waals surface area (Å²) in [6.45, 7) is 15.1. The zero-order valence-electron chi connectivity index (χ0n) is 19.2. The van der Waals surface area contributed by atoms with E-state index in [1.54, 1.807) is 11.9 Å². The molecule has 1 aromatic rings. The van der Waals surface area contributed by atoms with E-state index in [1.807, 2.05) is 66.7 Å². The third kappa shape index (κ3) is 10.3. The van der Waals surface area contributed by atoms with Crippen LogP contribution in [0.3, 0.4) is 0 Å². The van der Waals surface area contributed by atoms with Gasteiger partial charge in [-0.15, -0.1) is 4.72 Å². The second-order valence-corrected chi connectivity index (χ2v) is 11.3. The van der Waals surface area contributed by atoms with Crippen LogP contribution in [0.4, 0.5) is 4.79 Å². The normalized spacial score (nSPS) is 14.4. The molecule has 0 heterocycles. The summed E-state index contributed by atoms with van der Waals surface area (Å²) < 4.78 is 26.2. The van der Waals surface area contributed by atoms with Crippen molar-refractivity contribution >= 4 is 17.5 Å². The Morgan fingerprint density at radius 2 is 1.90 bits per heavy atom. The number of amides is 1. The van der Waals surface area contributed by atoms with E-state index in [2.05, 4.69) is 10.8 Å². The Kier molecular flexibility index (Phi) is 9.95. The molecule has 7 heteroatoms. The minimum absolute atomic E-state index is 0.0162. The lowest BCUT2D eigenvalue weighted by Gasteiger charge is -2.26. The highest BCUT2D eigenvalue weighted by Crippen LogP contribution is 2.20. The number of nitrogens with zero attached hydrogens (tertiary/aromatic N) is 1. The van der Waals surface area contributed by atoms with Gasteiger partial charge in [0, 0.05) is 31.6 Å². The van der Waals surface area contributed by atoms with Gasteiger partial charge in [-0.3, -0.25) is 0 Å². The van der Waals surface area contributed by atoms with Gasteiger partial charge in [-0.2, -0.15) is 0 Å². The van der Waals surface area contributed by atoms with E-state index in [-0.39, 0.29) is 16.9 Å². The van der Waals surface area contributed by atoms with Crippen LogP contribution in [0, 0.1) is 0 Å². The molecule has 1 N–H and O–H groups in total. The minimum Gasteiger partial charge on any atom is -0.598 e. The lowest BCUT2D eigenvalue weighted by Crippen LogP contribution is -2.40. The lowest BCUT2D eigenvalue weighted by molar-refractivity contribution is 0.0276. The van der Waals surface area contributed by atoms with Gasteiger partial charge in [0.1, 0.15) is 10.3 Å². The van der Waals surface area contributed by atoms with E-state index >= 15 is 0 Å². The number of hydrogen-bond donors (Lipinski definition) is 1. The maximum absolute atomic E-state index is 12.3. The van der Waals surface area contributed by atoms with Gasteiger partial charge in [-0.25, -0.2) is 4.79 Å². The van der Waals surface area contributed by atoms with Crippen molar-refractivity contribution in [3.05, 3.63) is 35.4 Å². The van der Waals surface area contributed by atoms with Crippen molar-refractivity contribution in [2.24, 2.45) is 0 Å². The van der Waals surface area contributed by atoms with E-state index < -0.39 is 17.0 Å². The number of carbonyl (C=O) groups excluding carboxylic acids is 1. The standard InChI is InChI=1S/C22H38N2O4S/c1-17(23-29(26)22(5,6)7)19-12-9-11-18(15-19)16-27-14-10-13-24(8)20(25)28-21(2,3)4/h9,11-12,15,17,23H,10,13-14,16H2,1-8H3. The molecule has 0 bridgehead atoms. The fourth-order valence-corrected chi connectivity index (χ4v) is 3.19. The molecule has 1 aromatic carbocycles. The fourth-order valence-electron chi connectivity index (χ4n) is 2.38. The van der Waals surface area contributed by atoms with Crippen LogP contribution < -0.4 is 4.72 Å². The molecule has 0 spiro atoms. The first kappa shape index (κ1) is 25.8. The fraction of sp³-hybridized carbons (Fsp3) is 0.682. The largest absolute Gasteiger partial charge is 0.598 e. The molecule has 0 aliphatic heterocycles. The zero-order valence-corrected chi connectivity index (χ0v) is 20.0. The Hall–Kier alpha value is -1.28. The monoisotopic (exact) mass is 426 g/mol. The van der Waals surface area contributed by atoms with Gasteiger partial charge in [0.2, 0.25) is 0 Å². The van der Waals surface area contributed by atoms with Crippen LogP contribution in [0.5, 0.6) is 0 Å². The van der Waals surface area contributed by atoms with Crippen LogP contribution in [0.1, 0.15) is 72.1 Å². The van der Waals surface area contributed by atoms with Crippen molar-refractivity contribution in [1.82, 2.24) is 9.62 Å². The van der Waals surface area contributed by atoms with E-state index in [9.17, 15) is 9.35 Å². The van der Waals surface area contributed by atoms with Crippen molar-refractivity contribution in [3.63, 3.8) is 0 Å². The van der Waals surface area contributed by atoms with Gasteiger partial charge in [0.05, 0.1) is 12.6 Å². The topological polar surface area (TPSA) is 73.9 Å². The van der Waals surface area contributed by atoms with E-state index in [0.29, 0.717) is 19.8 Å². The molecule has 0 aromatic heterocycles. The van der Waals surface area contributed by atoms with Crippen molar-refractivity contribution in [1.29, 1.82) is 0 Å². The van der Waals surface area contributed by atoms with Crippen LogP contribution in [0.2, 0.25) is 0 Å². The summed E-state index contributed by atoms with van der Waals surface area (Å²) in [6.07, 6.45) is 0.414. The van der Waals surface area contributed by atoms with Crippen LogP contribution >= 0.6 is 0 Å². The molecule has 2 unspecified atom stereocenters. The predicted molar refractivity (Wildman–Crippen MR) is 119 cm³/mol. The first-order valence-corrected chi connectivity index (χ1v) is 11.2. The third-order valence-corrected chi connectivity index (χ3v) is 5.73. The van der Waals surface area contributed by atoms with Crippen molar-refractivity contribution in [2.45, 2.75) is 77.9 Å². The SMILES string of the molecule is CC(N[S+]([O-])C(C)(C)C)c1cccc(COCCCN(C)C(=O)OC(C)(C)C)c1. The van der Waals surface area contributed by atoms with Crippen LogP contribution in [-0.4, -0.2) is 46.1 Å².